The van der Waals surface area contributed by atoms with Gasteiger partial charge in [-0.2, -0.15) is 26.3 Å². The summed E-state index contributed by atoms with van der Waals surface area (Å²) in [6.45, 7) is 0. The Kier molecular flexibility index (Phi) is 6.44. The number of H-pyrrole nitrogens is 1. The number of aromatic nitrogens is 4. The smallest absolute Gasteiger partial charge is 0.399 e. The molecule has 0 amide bonds. The van der Waals surface area contributed by atoms with Gasteiger partial charge in [-0.25, -0.2) is 14.6 Å². The van der Waals surface area contributed by atoms with Crippen LogP contribution in [0.15, 0.2) is 72.8 Å². The molecule has 41 heavy (non-hydrogen) atoms. The van der Waals surface area contributed by atoms with E-state index >= 15 is 0 Å². The fourth-order valence-corrected chi connectivity index (χ4v) is 4.31. The zero-order chi connectivity index (χ0) is 29.7. The van der Waals surface area contributed by atoms with E-state index in [1.165, 1.54) is 36.4 Å². The Bertz CT molecular complexity index is 1940. The number of nitrogens with two attached hydrogens (primary N) is 2. The number of benzene rings is 4. The Morgan fingerprint density at radius 3 is 2.27 bits per heavy atom. The number of aromatic amines is 1. The fraction of sp³-hybridized carbons (Fsp3) is 0.0769. The molecule has 5 N–H and O–H groups in total. The number of nitrogens with zero attached hydrogens (tertiary/aromatic N) is 4. The summed E-state index contributed by atoms with van der Waals surface area (Å²) >= 11 is 0. The second-order valence-corrected chi connectivity index (χ2v) is 8.81. The normalized spacial score (nSPS) is 12.0. The Labute approximate surface area is 225 Å². The maximum absolute atomic E-state index is 13.0. The highest BCUT2D eigenvalue weighted by Crippen LogP contribution is 2.38. The Morgan fingerprint density at radius 1 is 0.854 bits per heavy atom. The van der Waals surface area contributed by atoms with Crippen LogP contribution in [0.5, 0.6) is 0 Å². The highest BCUT2D eigenvalue weighted by atomic mass is 19.4. The van der Waals surface area contributed by atoms with E-state index in [-0.39, 0.29) is 27.8 Å². The number of alkyl halides is 6. The summed E-state index contributed by atoms with van der Waals surface area (Å²) < 4.78 is 76.1. The molecule has 0 aliphatic carbocycles. The van der Waals surface area contributed by atoms with Crippen LogP contribution in [0.3, 0.4) is 0 Å². The summed E-state index contributed by atoms with van der Waals surface area (Å²) in [5, 5.41) is 12.8. The third kappa shape index (κ3) is 5.16. The second kappa shape index (κ2) is 9.69. The lowest BCUT2D eigenvalue weighted by Crippen LogP contribution is -2.20. The average molecular weight is 573 g/mol. The first-order valence-corrected chi connectivity index (χ1v) is 11.6. The number of halogens is 6. The maximum Gasteiger partial charge on any atom is 0.451 e. The van der Waals surface area contributed by atoms with Crippen molar-refractivity contribution >= 4 is 44.2 Å². The number of anilines is 1. The molecular weight excluding hydrogens is 556 g/mol. The zero-order valence-corrected chi connectivity index (χ0v) is 20.5. The molecule has 6 aromatic rings. The molecule has 0 aliphatic rings. The monoisotopic (exact) mass is 573 g/mol. The van der Waals surface area contributed by atoms with Gasteiger partial charge in [0, 0.05) is 5.69 Å². The summed E-state index contributed by atoms with van der Waals surface area (Å²) in [5.74, 6) is 3.26. The van der Waals surface area contributed by atoms with Crippen molar-refractivity contribution in [2.24, 2.45) is 0 Å². The lowest BCUT2D eigenvalue weighted by molar-refractivity contribution is -0.382. The number of rotatable bonds is 2. The van der Waals surface area contributed by atoms with Gasteiger partial charge in [-0.05, 0) is 53.4 Å². The number of nitrogen functional groups attached to an aromatic ring is 2. The summed E-state index contributed by atoms with van der Waals surface area (Å²) in [7, 11) is 0. The quantitative estimate of drug-likeness (QED) is 0.0695. The molecule has 9 nitrogen and oxygen atoms in total. The molecular formula is C26H17F6N7O2. The summed E-state index contributed by atoms with van der Waals surface area (Å²) in [4.78, 5) is 20.3. The van der Waals surface area contributed by atoms with Gasteiger partial charge in [0.05, 0.1) is 37.9 Å². The van der Waals surface area contributed by atoms with E-state index in [4.69, 9.17) is 11.6 Å². The van der Waals surface area contributed by atoms with E-state index in [1.54, 1.807) is 36.4 Å². The van der Waals surface area contributed by atoms with Crippen LogP contribution in [-0.4, -0.2) is 24.6 Å². The van der Waals surface area contributed by atoms with Gasteiger partial charge >= 0.3 is 12.4 Å². The lowest BCUT2D eigenvalue weighted by atomic mass is 9.98. The van der Waals surface area contributed by atoms with Crippen molar-refractivity contribution in [1.82, 2.24) is 19.6 Å². The minimum atomic E-state index is -4.71. The zero-order valence-electron chi connectivity index (χ0n) is 20.5. The molecule has 0 saturated heterocycles. The van der Waals surface area contributed by atoms with Crippen molar-refractivity contribution in [3.8, 4) is 11.1 Å². The largest absolute Gasteiger partial charge is 0.451 e. The highest BCUT2D eigenvalue weighted by Gasteiger charge is 2.37. The number of hydrogen-bond donors (Lipinski definition) is 3. The van der Waals surface area contributed by atoms with Crippen LogP contribution in [0.4, 0.5) is 37.7 Å². The van der Waals surface area contributed by atoms with Crippen LogP contribution >= 0.6 is 0 Å². The number of imidazole rings is 2. The van der Waals surface area contributed by atoms with Gasteiger partial charge in [-0.3, -0.25) is 10.1 Å². The van der Waals surface area contributed by atoms with Crippen LogP contribution in [0.25, 0.3) is 44.0 Å². The van der Waals surface area contributed by atoms with E-state index in [1.807, 2.05) is 0 Å². The summed E-state index contributed by atoms with van der Waals surface area (Å²) in [6.07, 6.45) is -9.16. The van der Waals surface area contributed by atoms with Crippen LogP contribution in [-0.2, 0) is 12.4 Å². The Balaban J connectivity index is 0.000000202. The first kappa shape index (κ1) is 27.2. The van der Waals surface area contributed by atoms with Crippen molar-refractivity contribution in [2.45, 2.75) is 12.4 Å². The first-order valence-electron chi connectivity index (χ1n) is 11.6. The van der Waals surface area contributed by atoms with Gasteiger partial charge in [0.15, 0.2) is 0 Å². The predicted octanol–water partition coefficient (Wildman–Crippen LogP) is 6.66. The molecule has 0 radical (unpaired) electrons. The molecule has 15 heteroatoms. The minimum Gasteiger partial charge on any atom is -0.399 e. The molecule has 0 unspecified atom stereocenters. The first-order chi connectivity index (χ1) is 19.2. The molecule has 0 saturated carbocycles. The van der Waals surface area contributed by atoms with Crippen molar-refractivity contribution in [3.63, 3.8) is 0 Å². The number of nitro benzene ring substituents is 1. The van der Waals surface area contributed by atoms with E-state index in [9.17, 15) is 36.5 Å². The van der Waals surface area contributed by atoms with Gasteiger partial charge in [0.2, 0.25) is 11.6 Å². The third-order valence-electron chi connectivity index (χ3n) is 6.11. The van der Waals surface area contributed by atoms with Crippen molar-refractivity contribution in [2.75, 3.05) is 11.6 Å². The standard InChI is InChI=1S/C18H11F3N4O2.C8H6F3N3/c19-18(20,21)17-23-14-9-11(6-8-15(14)24(17)22)13-7-5-10-3-1-2-4-12(10)16(13)25(26)27;9-8(10,11)7-13-5-2-1-4(12)3-6(5)14-7/h1-9H,22H2;1-3H,12H2,(H,13,14). The summed E-state index contributed by atoms with van der Waals surface area (Å²) in [5.41, 5.74) is 7.00. The molecule has 0 fully saturated rings. The second-order valence-electron chi connectivity index (χ2n) is 8.81. The van der Waals surface area contributed by atoms with E-state index in [0.717, 1.165) is 0 Å². The van der Waals surface area contributed by atoms with Crippen LogP contribution < -0.4 is 11.6 Å². The Morgan fingerprint density at radius 2 is 1.59 bits per heavy atom. The molecule has 2 heterocycles. The SMILES string of the molecule is Nc1ccc2nc(C(F)(F)F)[nH]c2c1.Nn1c(C(F)(F)F)nc2cc(-c3ccc4ccccc4c3[N+](=O)[O-])ccc21. The third-order valence-corrected chi connectivity index (χ3v) is 6.11. The molecule has 0 spiro atoms. The van der Waals surface area contributed by atoms with Gasteiger partial charge < -0.3 is 16.6 Å². The van der Waals surface area contributed by atoms with Gasteiger partial charge in [-0.1, -0.05) is 30.3 Å². The molecule has 0 aliphatic heterocycles. The average Bonchev–Trinajstić information content (AvgIpc) is 3.49. The van der Waals surface area contributed by atoms with E-state index in [0.29, 0.717) is 32.3 Å². The maximum atomic E-state index is 13.0. The van der Waals surface area contributed by atoms with Crippen molar-refractivity contribution in [1.29, 1.82) is 0 Å². The van der Waals surface area contributed by atoms with Gasteiger partial charge in [-0.15, -0.1) is 0 Å². The van der Waals surface area contributed by atoms with Crippen LogP contribution in [0.2, 0.25) is 0 Å². The number of nitro groups is 1. The van der Waals surface area contributed by atoms with Crippen molar-refractivity contribution in [3.05, 3.63) is 94.6 Å². The van der Waals surface area contributed by atoms with Crippen LogP contribution in [0, 0.1) is 10.1 Å². The van der Waals surface area contributed by atoms with E-state index in [2.05, 4.69) is 15.0 Å². The fourth-order valence-electron chi connectivity index (χ4n) is 4.31. The molecule has 0 bridgehead atoms. The van der Waals surface area contributed by atoms with E-state index < -0.39 is 28.9 Å². The van der Waals surface area contributed by atoms with Gasteiger partial charge in [0.25, 0.3) is 5.69 Å². The molecule has 0 atom stereocenters. The molecule has 6 rings (SSSR count). The number of hydrogen-bond acceptors (Lipinski definition) is 6. The molecule has 4 aromatic carbocycles. The molecule has 210 valence electrons. The number of nitrogens with one attached hydrogen (secondary N) is 1. The van der Waals surface area contributed by atoms with Gasteiger partial charge in [0.1, 0.15) is 0 Å². The molecule has 2 aromatic heterocycles. The summed E-state index contributed by atoms with van der Waals surface area (Å²) in [6, 6.07) is 18.7. The van der Waals surface area contributed by atoms with Crippen LogP contribution in [0.1, 0.15) is 11.6 Å². The lowest BCUT2D eigenvalue weighted by Gasteiger charge is -2.07. The predicted molar refractivity (Wildman–Crippen MR) is 140 cm³/mol. The minimum absolute atomic E-state index is 0.00443. The Hall–Kier alpha value is -5.34. The topological polar surface area (TPSA) is 142 Å². The highest BCUT2D eigenvalue weighted by molar-refractivity contribution is 5.99. The van der Waals surface area contributed by atoms with Crippen molar-refractivity contribution < 1.29 is 31.3 Å². The number of fused-ring (bicyclic) bond motifs is 3.